The van der Waals surface area contributed by atoms with Gasteiger partial charge in [0.05, 0.1) is 11.9 Å². The van der Waals surface area contributed by atoms with Gasteiger partial charge in [0.2, 0.25) is 5.95 Å². The van der Waals surface area contributed by atoms with Gasteiger partial charge in [-0.15, -0.1) is 0 Å². The van der Waals surface area contributed by atoms with Crippen molar-refractivity contribution in [3.05, 3.63) is 42.0 Å². The van der Waals surface area contributed by atoms with Crippen molar-refractivity contribution < 1.29 is 4.79 Å². The summed E-state index contributed by atoms with van der Waals surface area (Å²) in [6.45, 7) is 1.75. The zero-order chi connectivity index (χ0) is 12.3. The standard InChI is InChI=1S/C11H11N5O/c1-7-5-9(16-11(12)14-7)10(17)15-8-3-2-4-13-6-8/h2-6H,1H3,(H,15,17)(H2,12,14,16). The summed E-state index contributed by atoms with van der Waals surface area (Å²) in [5.41, 5.74) is 6.96. The Morgan fingerprint density at radius 3 is 2.88 bits per heavy atom. The molecule has 0 unspecified atom stereocenters. The summed E-state index contributed by atoms with van der Waals surface area (Å²) in [6.07, 6.45) is 3.18. The highest BCUT2D eigenvalue weighted by atomic mass is 16.1. The van der Waals surface area contributed by atoms with Gasteiger partial charge in [0.25, 0.3) is 5.91 Å². The normalized spacial score (nSPS) is 9.94. The monoisotopic (exact) mass is 229 g/mol. The van der Waals surface area contributed by atoms with E-state index < -0.39 is 0 Å². The van der Waals surface area contributed by atoms with Gasteiger partial charge in [-0.2, -0.15) is 0 Å². The van der Waals surface area contributed by atoms with Crippen LogP contribution in [0.3, 0.4) is 0 Å². The fourth-order valence-electron chi connectivity index (χ4n) is 1.34. The van der Waals surface area contributed by atoms with E-state index in [1.165, 1.54) is 0 Å². The minimum Gasteiger partial charge on any atom is -0.368 e. The van der Waals surface area contributed by atoms with Gasteiger partial charge >= 0.3 is 0 Å². The average Bonchev–Trinajstić information content (AvgIpc) is 2.29. The summed E-state index contributed by atoms with van der Waals surface area (Å²) < 4.78 is 0. The lowest BCUT2D eigenvalue weighted by atomic mass is 10.3. The second kappa shape index (κ2) is 4.56. The number of nitrogen functional groups attached to an aromatic ring is 1. The molecule has 6 nitrogen and oxygen atoms in total. The van der Waals surface area contributed by atoms with Crippen LogP contribution in [0.15, 0.2) is 30.6 Å². The van der Waals surface area contributed by atoms with Crippen LogP contribution in [0.5, 0.6) is 0 Å². The molecule has 0 aliphatic rings. The Morgan fingerprint density at radius 1 is 1.41 bits per heavy atom. The van der Waals surface area contributed by atoms with Gasteiger partial charge in [-0.3, -0.25) is 9.78 Å². The van der Waals surface area contributed by atoms with Gasteiger partial charge in [0.1, 0.15) is 5.69 Å². The summed E-state index contributed by atoms with van der Waals surface area (Å²) in [5.74, 6) is -0.253. The molecule has 17 heavy (non-hydrogen) atoms. The van der Waals surface area contributed by atoms with Crippen LogP contribution < -0.4 is 11.1 Å². The average molecular weight is 229 g/mol. The van der Waals surface area contributed by atoms with E-state index in [-0.39, 0.29) is 17.5 Å². The van der Waals surface area contributed by atoms with Crippen molar-refractivity contribution in [3.63, 3.8) is 0 Å². The van der Waals surface area contributed by atoms with E-state index in [1.807, 2.05) is 0 Å². The second-order valence-corrected chi connectivity index (χ2v) is 3.45. The molecular weight excluding hydrogens is 218 g/mol. The van der Waals surface area contributed by atoms with Gasteiger partial charge in [0, 0.05) is 11.9 Å². The van der Waals surface area contributed by atoms with Crippen LogP contribution in [0, 0.1) is 6.92 Å². The molecule has 2 heterocycles. The molecule has 3 N–H and O–H groups in total. The number of anilines is 2. The van der Waals surface area contributed by atoms with E-state index in [4.69, 9.17) is 5.73 Å². The largest absolute Gasteiger partial charge is 0.368 e. The topological polar surface area (TPSA) is 93.8 Å². The number of amides is 1. The van der Waals surface area contributed by atoms with Crippen molar-refractivity contribution in [2.24, 2.45) is 0 Å². The van der Waals surface area contributed by atoms with Gasteiger partial charge in [-0.25, -0.2) is 9.97 Å². The molecule has 2 aromatic heterocycles. The van der Waals surface area contributed by atoms with Crippen LogP contribution in [-0.2, 0) is 0 Å². The van der Waals surface area contributed by atoms with Crippen molar-refractivity contribution in [2.75, 3.05) is 11.1 Å². The van der Waals surface area contributed by atoms with Crippen LogP contribution in [0.25, 0.3) is 0 Å². The summed E-state index contributed by atoms with van der Waals surface area (Å²) >= 11 is 0. The first-order valence-electron chi connectivity index (χ1n) is 4.97. The molecule has 2 rings (SSSR count). The van der Waals surface area contributed by atoms with Crippen LogP contribution in [0.2, 0.25) is 0 Å². The lowest BCUT2D eigenvalue weighted by Crippen LogP contribution is -2.15. The third-order valence-corrected chi connectivity index (χ3v) is 2.02. The second-order valence-electron chi connectivity index (χ2n) is 3.45. The number of hydrogen-bond donors (Lipinski definition) is 2. The maximum absolute atomic E-state index is 11.8. The highest BCUT2D eigenvalue weighted by molar-refractivity contribution is 6.02. The Labute approximate surface area is 97.9 Å². The van der Waals surface area contributed by atoms with Gasteiger partial charge in [-0.1, -0.05) is 0 Å². The molecule has 0 bridgehead atoms. The Hall–Kier alpha value is -2.50. The number of aryl methyl sites for hydroxylation is 1. The number of nitrogens with zero attached hydrogens (tertiary/aromatic N) is 3. The fraction of sp³-hybridized carbons (Fsp3) is 0.0909. The number of pyridine rings is 1. The number of carbonyl (C=O) groups excluding carboxylic acids is 1. The quantitative estimate of drug-likeness (QED) is 0.801. The Kier molecular flexibility index (Phi) is 2.95. The molecule has 86 valence electrons. The molecule has 0 atom stereocenters. The molecule has 0 aliphatic heterocycles. The SMILES string of the molecule is Cc1cc(C(=O)Nc2cccnc2)nc(N)n1. The van der Waals surface area contributed by atoms with E-state index in [9.17, 15) is 4.79 Å². The first-order chi connectivity index (χ1) is 8.15. The summed E-state index contributed by atoms with van der Waals surface area (Å²) in [6, 6.07) is 5.04. The minimum atomic E-state index is -0.338. The van der Waals surface area contributed by atoms with E-state index >= 15 is 0 Å². The zero-order valence-corrected chi connectivity index (χ0v) is 9.21. The molecule has 2 aromatic rings. The maximum atomic E-state index is 11.8. The third-order valence-electron chi connectivity index (χ3n) is 2.02. The molecule has 1 amide bonds. The summed E-state index contributed by atoms with van der Waals surface area (Å²) in [7, 11) is 0. The minimum absolute atomic E-state index is 0.0846. The van der Waals surface area contributed by atoms with Gasteiger partial charge in [-0.05, 0) is 25.1 Å². The third kappa shape index (κ3) is 2.75. The lowest BCUT2D eigenvalue weighted by Gasteiger charge is -2.04. The first-order valence-corrected chi connectivity index (χ1v) is 4.97. The zero-order valence-electron chi connectivity index (χ0n) is 9.21. The molecule has 0 saturated heterocycles. The van der Waals surface area contributed by atoms with Gasteiger partial charge in [0.15, 0.2) is 0 Å². The van der Waals surface area contributed by atoms with E-state index in [1.54, 1.807) is 37.5 Å². The van der Waals surface area contributed by atoms with Crippen LogP contribution in [0.4, 0.5) is 11.6 Å². The molecule has 0 aliphatic carbocycles. The number of carbonyl (C=O) groups is 1. The Bertz CT molecular complexity index is 521. The molecule has 6 heteroatoms. The number of nitrogens with two attached hydrogens (primary N) is 1. The number of aromatic nitrogens is 3. The molecular formula is C11H11N5O. The van der Waals surface area contributed by atoms with Gasteiger partial charge < -0.3 is 11.1 Å². The summed E-state index contributed by atoms with van der Waals surface area (Å²) in [5, 5.41) is 2.67. The highest BCUT2D eigenvalue weighted by Gasteiger charge is 2.09. The predicted molar refractivity (Wildman–Crippen MR) is 63.4 cm³/mol. The molecule has 0 radical (unpaired) electrons. The Morgan fingerprint density at radius 2 is 2.24 bits per heavy atom. The molecule has 0 aromatic carbocycles. The van der Waals surface area contributed by atoms with Crippen molar-refractivity contribution in [3.8, 4) is 0 Å². The summed E-state index contributed by atoms with van der Waals surface area (Å²) in [4.78, 5) is 23.5. The number of hydrogen-bond acceptors (Lipinski definition) is 5. The van der Waals surface area contributed by atoms with Crippen molar-refractivity contribution in [2.45, 2.75) is 6.92 Å². The molecule has 0 spiro atoms. The number of nitrogens with one attached hydrogen (secondary N) is 1. The smallest absolute Gasteiger partial charge is 0.274 e. The maximum Gasteiger partial charge on any atom is 0.274 e. The highest BCUT2D eigenvalue weighted by Crippen LogP contribution is 2.07. The fourth-order valence-corrected chi connectivity index (χ4v) is 1.34. The Balaban J connectivity index is 2.20. The predicted octanol–water partition coefficient (Wildman–Crippen LogP) is 1.01. The molecule has 0 saturated carbocycles. The van der Waals surface area contributed by atoms with E-state index in [0.717, 1.165) is 0 Å². The van der Waals surface area contributed by atoms with Crippen LogP contribution in [-0.4, -0.2) is 20.9 Å². The lowest BCUT2D eigenvalue weighted by molar-refractivity contribution is 0.102. The van der Waals surface area contributed by atoms with E-state index in [0.29, 0.717) is 11.4 Å². The first kappa shape index (κ1) is 11.0. The number of rotatable bonds is 2. The van der Waals surface area contributed by atoms with Crippen molar-refractivity contribution in [1.29, 1.82) is 0 Å². The van der Waals surface area contributed by atoms with Crippen LogP contribution in [0.1, 0.15) is 16.2 Å². The van der Waals surface area contributed by atoms with Crippen LogP contribution >= 0.6 is 0 Å². The molecule has 0 fully saturated rings. The van der Waals surface area contributed by atoms with E-state index in [2.05, 4.69) is 20.3 Å². The van der Waals surface area contributed by atoms with Crippen molar-refractivity contribution >= 4 is 17.5 Å². The van der Waals surface area contributed by atoms with Crippen molar-refractivity contribution in [1.82, 2.24) is 15.0 Å².